The van der Waals surface area contributed by atoms with Crippen molar-refractivity contribution in [1.29, 1.82) is 0 Å². The summed E-state index contributed by atoms with van der Waals surface area (Å²) >= 11 is 4.46. The van der Waals surface area contributed by atoms with Gasteiger partial charge in [-0.25, -0.2) is 9.78 Å². The van der Waals surface area contributed by atoms with Crippen LogP contribution in [-0.4, -0.2) is 23.5 Å². The van der Waals surface area contributed by atoms with Crippen molar-refractivity contribution in [2.24, 2.45) is 5.92 Å². The summed E-state index contributed by atoms with van der Waals surface area (Å²) in [7, 11) is 0. The third kappa shape index (κ3) is 3.42. The van der Waals surface area contributed by atoms with Crippen LogP contribution in [0.15, 0.2) is 15.9 Å². The monoisotopic (exact) mass is 344 g/mol. The van der Waals surface area contributed by atoms with Gasteiger partial charge in [-0.15, -0.1) is 0 Å². The first-order chi connectivity index (χ1) is 9.11. The van der Waals surface area contributed by atoms with Crippen molar-refractivity contribution in [3.8, 4) is 0 Å². The van der Waals surface area contributed by atoms with E-state index in [9.17, 15) is 9.59 Å². The van der Waals surface area contributed by atoms with Crippen LogP contribution in [0.1, 0.15) is 30.3 Å². The number of aromatic nitrogens is 1. The van der Waals surface area contributed by atoms with Crippen molar-refractivity contribution < 1.29 is 14.3 Å². The SMILES string of the molecule is CCOC(=O)c1nc(NC(=O)C2CC=CC2)sc1Br. The highest BCUT2D eigenvalue weighted by molar-refractivity contribution is 9.11. The summed E-state index contributed by atoms with van der Waals surface area (Å²) in [6, 6.07) is 0. The molecule has 0 atom stereocenters. The van der Waals surface area contributed by atoms with E-state index in [-0.39, 0.29) is 24.1 Å². The van der Waals surface area contributed by atoms with Crippen LogP contribution in [-0.2, 0) is 9.53 Å². The normalized spacial score (nSPS) is 14.6. The number of carbonyl (C=O) groups is 2. The molecule has 102 valence electrons. The minimum absolute atomic E-state index is 0.0336. The summed E-state index contributed by atoms with van der Waals surface area (Å²) in [5.74, 6) is -0.593. The van der Waals surface area contributed by atoms with E-state index >= 15 is 0 Å². The second-order valence-corrected chi connectivity index (χ2v) is 6.31. The number of carbonyl (C=O) groups excluding carboxylic acids is 2. The molecule has 5 nitrogen and oxygen atoms in total. The summed E-state index contributed by atoms with van der Waals surface area (Å²) in [4.78, 5) is 27.6. The predicted octanol–water partition coefficient (Wildman–Crippen LogP) is 2.99. The van der Waals surface area contributed by atoms with Gasteiger partial charge >= 0.3 is 5.97 Å². The molecule has 1 heterocycles. The molecule has 0 unspecified atom stereocenters. The van der Waals surface area contributed by atoms with Crippen LogP contribution in [0, 0.1) is 5.92 Å². The second-order valence-electron chi connectivity index (χ2n) is 3.99. The number of thiazole rings is 1. The highest BCUT2D eigenvalue weighted by Gasteiger charge is 2.22. The molecule has 0 fully saturated rings. The molecular formula is C12H13BrN2O3S. The van der Waals surface area contributed by atoms with E-state index in [1.54, 1.807) is 6.92 Å². The number of anilines is 1. The molecule has 0 saturated carbocycles. The van der Waals surface area contributed by atoms with Gasteiger partial charge in [-0.1, -0.05) is 23.5 Å². The van der Waals surface area contributed by atoms with Gasteiger partial charge in [0, 0.05) is 5.92 Å². The summed E-state index contributed by atoms with van der Waals surface area (Å²) in [5, 5.41) is 3.14. The Bertz CT molecular complexity index is 519. The van der Waals surface area contributed by atoms with E-state index in [1.807, 2.05) is 12.2 Å². The number of nitrogens with zero attached hydrogens (tertiary/aromatic N) is 1. The molecule has 1 amide bonds. The summed E-state index contributed by atoms with van der Waals surface area (Å²) in [6.07, 6.45) is 5.49. The van der Waals surface area contributed by atoms with E-state index in [4.69, 9.17) is 4.74 Å². The van der Waals surface area contributed by atoms with Crippen molar-refractivity contribution in [2.75, 3.05) is 11.9 Å². The number of hydrogen-bond acceptors (Lipinski definition) is 5. The summed E-state index contributed by atoms with van der Waals surface area (Å²) in [6.45, 7) is 2.02. The molecule has 0 saturated heterocycles. The van der Waals surface area contributed by atoms with Crippen molar-refractivity contribution in [3.05, 3.63) is 21.6 Å². The second kappa shape index (κ2) is 6.29. The maximum Gasteiger partial charge on any atom is 0.359 e. The Morgan fingerprint density at radius 2 is 2.21 bits per heavy atom. The molecule has 19 heavy (non-hydrogen) atoms. The quantitative estimate of drug-likeness (QED) is 0.673. The van der Waals surface area contributed by atoms with Gasteiger partial charge in [0.05, 0.1) is 6.61 Å². The maximum atomic E-state index is 11.9. The Labute approximate surface area is 123 Å². The van der Waals surface area contributed by atoms with Crippen molar-refractivity contribution in [3.63, 3.8) is 0 Å². The fraction of sp³-hybridized carbons (Fsp3) is 0.417. The van der Waals surface area contributed by atoms with Crippen LogP contribution in [0.5, 0.6) is 0 Å². The van der Waals surface area contributed by atoms with E-state index < -0.39 is 5.97 Å². The lowest BCUT2D eigenvalue weighted by molar-refractivity contribution is -0.119. The van der Waals surface area contributed by atoms with Crippen LogP contribution in [0.3, 0.4) is 0 Å². The van der Waals surface area contributed by atoms with Gasteiger partial charge in [0.25, 0.3) is 0 Å². The molecule has 1 aromatic rings. The van der Waals surface area contributed by atoms with Gasteiger partial charge < -0.3 is 10.1 Å². The standard InChI is InChI=1S/C12H13BrN2O3S/c1-2-18-11(17)8-9(13)19-12(14-8)15-10(16)7-5-3-4-6-7/h3-4,7H,2,5-6H2,1H3,(H,14,15,16). The van der Waals surface area contributed by atoms with Crippen molar-refractivity contribution in [1.82, 2.24) is 4.98 Å². The van der Waals surface area contributed by atoms with Crippen LogP contribution in [0.25, 0.3) is 0 Å². The zero-order valence-corrected chi connectivity index (χ0v) is 12.7. The molecule has 1 N–H and O–H groups in total. The van der Waals surface area contributed by atoms with Crippen LogP contribution in [0.2, 0.25) is 0 Å². The van der Waals surface area contributed by atoms with Gasteiger partial charge in [0.15, 0.2) is 10.8 Å². The van der Waals surface area contributed by atoms with Crippen LogP contribution in [0.4, 0.5) is 5.13 Å². The van der Waals surface area contributed by atoms with E-state index in [1.165, 1.54) is 11.3 Å². The molecule has 2 rings (SSSR count). The van der Waals surface area contributed by atoms with Gasteiger partial charge in [-0.2, -0.15) is 0 Å². The number of esters is 1. The highest BCUT2D eigenvalue weighted by Crippen LogP contribution is 2.30. The summed E-state index contributed by atoms with van der Waals surface area (Å²) < 4.78 is 5.44. The van der Waals surface area contributed by atoms with Gasteiger partial charge in [0.1, 0.15) is 3.79 Å². The molecule has 0 bridgehead atoms. The lowest BCUT2D eigenvalue weighted by Gasteiger charge is -2.07. The minimum Gasteiger partial charge on any atom is -0.461 e. The lowest BCUT2D eigenvalue weighted by atomic mass is 10.1. The van der Waals surface area contributed by atoms with Crippen LogP contribution >= 0.6 is 27.3 Å². The third-order valence-electron chi connectivity index (χ3n) is 2.66. The fourth-order valence-corrected chi connectivity index (χ4v) is 3.11. The highest BCUT2D eigenvalue weighted by atomic mass is 79.9. The number of amides is 1. The average molecular weight is 345 g/mol. The molecule has 0 aromatic carbocycles. The number of hydrogen-bond donors (Lipinski definition) is 1. The number of halogens is 1. The number of allylic oxidation sites excluding steroid dienone is 2. The van der Waals surface area contributed by atoms with Gasteiger partial charge in [0.2, 0.25) is 5.91 Å². The fourth-order valence-electron chi connectivity index (χ4n) is 1.72. The lowest BCUT2D eigenvalue weighted by Crippen LogP contribution is -2.20. The Morgan fingerprint density at radius 3 is 2.84 bits per heavy atom. The first-order valence-corrected chi connectivity index (χ1v) is 7.52. The Morgan fingerprint density at radius 1 is 1.53 bits per heavy atom. The Hall–Kier alpha value is -1.21. The molecule has 0 radical (unpaired) electrons. The molecule has 0 spiro atoms. The molecule has 0 aliphatic heterocycles. The van der Waals surface area contributed by atoms with Gasteiger partial charge in [-0.05, 0) is 35.7 Å². The first kappa shape index (κ1) is 14.2. The van der Waals surface area contributed by atoms with E-state index in [0.29, 0.717) is 8.92 Å². The predicted molar refractivity (Wildman–Crippen MR) is 76.3 cm³/mol. The Balaban J connectivity index is 2.03. The summed E-state index contributed by atoms with van der Waals surface area (Å²) in [5.41, 5.74) is 0.201. The van der Waals surface area contributed by atoms with E-state index in [0.717, 1.165) is 12.8 Å². The zero-order valence-electron chi connectivity index (χ0n) is 10.3. The van der Waals surface area contributed by atoms with Crippen LogP contribution < -0.4 is 5.32 Å². The third-order valence-corrected chi connectivity index (χ3v) is 4.28. The molecule has 1 aliphatic carbocycles. The first-order valence-electron chi connectivity index (χ1n) is 5.91. The molecule has 7 heteroatoms. The molecular weight excluding hydrogens is 332 g/mol. The van der Waals surface area contributed by atoms with Crippen molar-refractivity contribution in [2.45, 2.75) is 19.8 Å². The van der Waals surface area contributed by atoms with E-state index in [2.05, 4.69) is 26.2 Å². The number of nitrogens with one attached hydrogen (secondary N) is 1. The molecule has 1 aromatic heterocycles. The Kier molecular flexibility index (Phi) is 4.71. The molecule has 1 aliphatic rings. The zero-order chi connectivity index (χ0) is 13.8. The number of ether oxygens (including phenoxy) is 1. The largest absolute Gasteiger partial charge is 0.461 e. The smallest absolute Gasteiger partial charge is 0.359 e. The topological polar surface area (TPSA) is 68.3 Å². The average Bonchev–Trinajstić information content (AvgIpc) is 2.99. The maximum absolute atomic E-state index is 11.9. The number of rotatable bonds is 4. The minimum atomic E-state index is -0.492. The van der Waals surface area contributed by atoms with Crippen molar-refractivity contribution >= 4 is 44.3 Å². The van der Waals surface area contributed by atoms with Gasteiger partial charge in [-0.3, -0.25) is 4.79 Å².